The van der Waals surface area contributed by atoms with Crippen LogP contribution in [-0.2, 0) is 0 Å². The summed E-state index contributed by atoms with van der Waals surface area (Å²) in [5.41, 5.74) is 2.61. The predicted octanol–water partition coefficient (Wildman–Crippen LogP) is 2.74. The van der Waals surface area contributed by atoms with Gasteiger partial charge < -0.3 is 9.88 Å². The highest BCUT2D eigenvalue weighted by Crippen LogP contribution is 2.20. The lowest BCUT2D eigenvalue weighted by atomic mass is 9.99. The molecule has 0 radical (unpaired) electrons. The van der Waals surface area contributed by atoms with Crippen molar-refractivity contribution in [3.8, 4) is 0 Å². The van der Waals surface area contributed by atoms with Crippen LogP contribution in [0.25, 0.3) is 11.0 Å². The van der Waals surface area contributed by atoms with Gasteiger partial charge in [-0.2, -0.15) is 0 Å². The van der Waals surface area contributed by atoms with Gasteiger partial charge in [0.15, 0.2) is 0 Å². The number of amides is 1. The van der Waals surface area contributed by atoms with E-state index in [1.807, 2.05) is 30.0 Å². The van der Waals surface area contributed by atoms with Crippen LogP contribution in [0.2, 0.25) is 0 Å². The number of carbonyl (C=O) groups excluding carboxylic acids is 1. The summed E-state index contributed by atoms with van der Waals surface area (Å²) in [4.78, 5) is 22.0. The Kier molecular flexibility index (Phi) is 3.01. The van der Waals surface area contributed by atoms with E-state index in [9.17, 15) is 4.79 Å². The summed E-state index contributed by atoms with van der Waals surface area (Å²) in [6.07, 6.45) is 2.33. The van der Waals surface area contributed by atoms with Crippen molar-refractivity contribution in [2.45, 2.75) is 26.7 Å². The standard InChI is InChI=1S/C15H19N3O/c1-10-4-3-7-18(9-10)15(19)12-5-6-13-14(8-12)17-11(2)16-13/h5-6,8,10H,3-4,7,9H2,1-2H3,(H,16,17). The highest BCUT2D eigenvalue weighted by molar-refractivity contribution is 5.97. The van der Waals surface area contributed by atoms with Crippen LogP contribution in [0.4, 0.5) is 0 Å². The number of nitrogens with zero attached hydrogens (tertiary/aromatic N) is 2. The Balaban J connectivity index is 1.88. The van der Waals surface area contributed by atoms with Crippen LogP contribution in [0, 0.1) is 12.8 Å². The van der Waals surface area contributed by atoms with Gasteiger partial charge in [-0.25, -0.2) is 4.98 Å². The number of H-pyrrole nitrogens is 1. The van der Waals surface area contributed by atoms with Crippen molar-refractivity contribution in [1.29, 1.82) is 0 Å². The molecule has 4 heteroatoms. The van der Waals surface area contributed by atoms with Gasteiger partial charge in [0.2, 0.25) is 0 Å². The molecular formula is C15H19N3O. The minimum absolute atomic E-state index is 0.140. The average Bonchev–Trinajstić information content (AvgIpc) is 2.76. The van der Waals surface area contributed by atoms with E-state index in [1.165, 1.54) is 6.42 Å². The van der Waals surface area contributed by atoms with E-state index >= 15 is 0 Å². The number of aromatic amines is 1. The van der Waals surface area contributed by atoms with Crippen LogP contribution in [0.5, 0.6) is 0 Å². The SMILES string of the molecule is Cc1nc2ccc(C(=O)N3CCCC(C)C3)cc2[nH]1. The number of piperidine rings is 1. The van der Waals surface area contributed by atoms with Crippen molar-refractivity contribution < 1.29 is 4.79 Å². The number of imidazole rings is 1. The monoisotopic (exact) mass is 257 g/mol. The van der Waals surface area contributed by atoms with Gasteiger partial charge in [-0.15, -0.1) is 0 Å². The Morgan fingerprint density at radius 2 is 2.32 bits per heavy atom. The second-order valence-corrected chi connectivity index (χ2v) is 5.55. The fourth-order valence-corrected chi connectivity index (χ4v) is 2.83. The largest absolute Gasteiger partial charge is 0.342 e. The van der Waals surface area contributed by atoms with Crippen LogP contribution < -0.4 is 0 Å². The molecule has 100 valence electrons. The molecule has 1 aliphatic rings. The molecule has 3 rings (SSSR count). The molecule has 19 heavy (non-hydrogen) atoms. The van der Waals surface area contributed by atoms with Crippen LogP contribution in [0.15, 0.2) is 18.2 Å². The number of likely N-dealkylation sites (tertiary alicyclic amines) is 1. The van der Waals surface area contributed by atoms with Gasteiger partial charge in [-0.05, 0) is 43.9 Å². The lowest BCUT2D eigenvalue weighted by Gasteiger charge is -2.31. The molecule has 1 N–H and O–H groups in total. The van der Waals surface area contributed by atoms with Gasteiger partial charge in [-0.3, -0.25) is 4.79 Å². The minimum Gasteiger partial charge on any atom is -0.342 e. The first kappa shape index (κ1) is 12.2. The van der Waals surface area contributed by atoms with Gasteiger partial charge in [0.1, 0.15) is 5.82 Å². The lowest BCUT2D eigenvalue weighted by Crippen LogP contribution is -2.39. The van der Waals surface area contributed by atoms with E-state index in [-0.39, 0.29) is 5.91 Å². The molecule has 1 saturated heterocycles. The summed E-state index contributed by atoms with van der Waals surface area (Å²) >= 11 is 0. The molecule has 1 atom stereocenters. The number of hydrogen-bond donors (Lipinski definition) is 1. The van der Waals surface area contributed by atoms with Crippen LogP contribution in [0.1, 0.15) is 35.9 Å². The molecule has 0 bridgehead atoms. The quantitative estimate of drug-likeness (QED) is 0.854. The summed E-state index contributed by atoms with van der Waals surface area (Å²) in [5, 5.41) is 0. The first-order valence-electron chi connectivity index (χ1n) is 6.89. The van der Waals surface area contributed by atoms with Crippen LogP contribution in [0.3, 0.4) is 0 Å². The third kappa shape index (κ3) is 2.35. The van der Waals surface area contributed by atoms with Gasteiger partial charge in [0.25, 0.3) is 5.91 Å². The zero-order chi connectivity index (χ0) is 13.4. The summed E-state index contributed by atoms with van der Waals surface area (Å²) in [7, 11) is 0. The Morgan fingerprint density at radius 3 is 3.11 bits per heavy atom. The Bertz CT molecular complexity index is 617. The Morgan fingerprint density at radius 1 is 1.47 bits per heavy atom. The maximum Gasteiger partial charge on any atom is 0.253 e. The summed E-state index contributed by atoms with van der Waals surface area (Å²) in [5.74, 6) is 1.63. The molecule has 2 aromatic rings. The van der Waals surface area contributed by atoms with Crippen LogP contribution in [-0.4, -0.2) is 33.9 Å². The second-order valence-electron chi connectivity index (χ2n) is 5.55. The number of carbonyl (C=O) groups is 1. The van der Waals surface area contributed by atoms with Crippen molar-refractivity contribution >= 4 is 16.9 Å². The van der Waals surface area contributed by atoms with E-state index in [0.29, 0.717) is 5.92 Å². The van der Waals surface area contributed by atoms with Crippen molar-refractivity contribution in [2.75, 3.05) is 13.1 Å². The number of fused-ring (bicyclic) bond motifs is 1. The number of benzene rings is 1. The number of aryl methyl sites for hydroxylation is 1. The van der Waals surface area contributed by atoms with E-state index < -0.39 is 0 Å². The zero-order valence-electron chi connectivity index (χ0n) is 11.4. The van der Waals surface area contributed by atoms with Crippen molar-refractivity contribution in [1.82, 2.24) is 14.9 Å². The molecule has 1 unspecified atom stereocenters. The molecule has 1 fully saturated rings. The zero-order valence-corrected chi connectivity index (χ0v) is 11.4. The predicted molar refractivity (Wildman–Crippen MR) is 75.1 cm³/mol. The minimum atomic E-state index is 0.140. The van der Waals surface area contributed by atoms with Crippen molar-refractivity contribution in [3.05, 3.63) is 29.6 Å². The molecular weight excluding hydrogens is 238 g/mol. The first-order valence-corrected chi connectivity index (χ1v) is 6.89. The molecule has 1 aliphatic heterocycles. The first-order chi connectivity index (χ1) is 9.13. The Hall–Kier alpha value is -1.84. The number of rotatable bonds is 1. The summed E-state index contributed by atoms with van der Waals surface area (Å²) in [6, 6.07) is 5.71. The Labute approximate surface area is 112 Å². The van der Waals surface area contributed by atoms with Gasteiger partial charge in [0.05, 0.1) is 11.0 Å². The summed E-state index contributed by atoms with van der Waals surface area (Å²) in [6.45, 7) is 5.89. The fraction of sp³-hybridized carbons (Fsp3) is 0.467. The third-order valence-corrected chi connectivity index (χ3v) is 3.79. The maximum atomic E-state index is 12.5. The normalized spacial score (nSPS) is 19.9. The van der Waals surface area contributed by atoms with Crippen LogP contribution >= 0.6 is 0 Å². The summed E-state index contributed by atoms with van der Waals surface area (Å²) < 4.78 is 0. The number of hydrogen-bond acceptors (Lipinski definition) is 2. The molecule has 1 amide bonds. The number of aromatic nitrogens is 2. The molecule has 0 aliphatic carbocycles. The topological polar surface area (TPSA) is 49.0 Å². The highest BCUT2D eigenvalue weighted by Gasteiger charge is 2.22. The van der Waals surface area contributed by atoms with E-state index in [0.717, 1.165) is 41.9 Å². The lowest BCUT2D eigenvalue weighted by molar-refractivity contribution is 0.0683. The molecule has 1 aromatic carbocycles. The van der Waals surface area contributed by atoms with Gasteiger partial charge in [0, 0.05) is 18.7 Å². The van der Waals surface area contributed by atoms with Gasteiger partial charge in [-0.1, -0.05) is 6.92 Å². The second kappa shape index (κ2) is 4.68. The van der Waals surface area contributed by atoms with E-state index in [2.05, 4.69) is 16.9 Å². The molecule has 0 saturated carbocycles. The molecule has 1 aromatic heterocycles. The smallest absolute Gasteiger partial charge is 0.253 e. The molecule has 2 heterocycles. The van der Waals surface area contributed by atoms with E-state index in [1.54, 1.807) is 0 Å². The third-order valence-electron chi connectivity index (χ3n) is 3.79. The average molecular weight is 257 g/mol. The maximum absolute atomic E-state index is 12.5. The van der Waals surface area contributed by atoms with Gasteiger partial charge >= 0.3 is 0 Å². The van der Waals surface area contributed by atoms with E-state index in [4.69, 9.17) is 0 Å². The fourth-order valence-electron chi connectivity index (χ4n) is 2.83. The number of nitrogens with one attached hydrogen (secondary N) is 1. The molecule has 0 spiro atoms. The molecule has 4 nitrogen and oxygen atoms in total. The highest BCUT2D eigenvalue weighted by atomic mass is 16.2. The van der Waals surface area contributed by atoms with Crippen molar-refractivity contribution in [3.63, 3.8) is 0 Å². The van der Waals surface area contributed by atoms with Crippen molar-refractivity contribution in [2.24, 2.45) is 5.92 Å².